The van der Waals surface area contributed by atoms with Gasteiger partial charge in [-0.3, -0.25) is 5.32 Å². The van der Waals surface area contributed by atoms with Gasteiger partial charge in [-0.05, 0) is 25.0 Å². The molecule has 0 atom stereocenters. The van der Waals surface area contributed by atoms with Crippen molar-refractivity contribution in [3.05, 3.63) is 34.8 Å². The minimum atomic E-state index is -3.19. The Balaban J connectivity index is 1.41. The molecule has 4 rings (SSSR count). The number of carbonyl (C=O) groups is 1. The topological polar surface area (TPSA) is 101 Å². The molecule has 2 heterocycles. The molecule has 0 saturated heterocycles. The Bertz CT molecular complexity index is 969. The van der Waals surface area contributed by atoms with Gasteiger partial charge in [0, 0.05) is 36.1 Å². The molecule has 2 aromatic rings. The molecule has 1 aliphatic carbocycles. The first-order valence-corrected chi connectivity index (χ1v) is 11.0. The summed E-state index contributed by atoms with van der Waals surface area (Å²) in [5.74, 6) is 0.648. The number of benzene rings is 1. The average molecular weight is 409 g/mol. The van der Waals surface area contributed by atoms with E-state index >= 15 is 0 Å². The maximum absolute atomic E-state index is 12.4. The molecule has 1 aliphatic heterocycles. The lowest BCUT2D eigenvalue weighted by atomic mass is 10.2. The van der Waals surface area contributed by atoms with Crippen LogP contribution in [-0.2, 0) is 23.0 Å². The number of fused-ring (bicyclic) bond motifs is 1. The van der Waals surface area contributed by atoms with Gasteiger partial charge in [-0.25, -0.2) is 18.2 Å². The van der Waals surface area contributed by atoms with E-state index in [0.717, 1.165) is 23.4 Å². The number of thiazole rings is 1. The Hall–Kier alpha value is -2.17. The second-order valence-electron chi connectivity index (χ2n) is 6.53. The van der Waals surface area contributed by atoms with Crippen molar-refractivity contribution in [2.75, 3.05) is 24.3 Å². The quantitative estimate of drug-likeness (QED) is 0.792. The summed E-state index contributed by atoms with van der Waals surface area (Å²) in [5, 5.41) is 5.71. The Morgan fingerprint density at radius 1 is 1.33 bits per heavy atom. The molecule has 2 aliphatic rings. The number of methoxy groups -OCH3 is 1. The molecular weight excluding hydrogens is 388 g/mol. The van der Waals surface area contributed by atoms with Crippen LogP contribution in [0.5, 0.6) is 5.75 Å². The predicted octanol–water partition coefficient (Wildman–Crippen LogP) is 2.65. The van der Waals surface area contributed by atoms with Crippen LogP contribution < -0.4 is 15.4 Å². The van der Waals surface area contributed by atoms with Gasteiger partial charge in [0.1, 0.15) is 5.75 Å². The van der Waals surface area contributed by atoms with Crippen molar-refractivity contribution in [2.24, 2.45) is 0 Å². The van der Waals surface area contributed by atoms with Crippen LogP contribution in [0.2, 0.25) is 0 Å². The number of sulfonamides is 1. The molecule has 27 heavy (non-hydrogen) atoms. The standard InChI is InChI=1S/C17H20N4O4S2/c1-25-12-4-2-3-11(9-12)18-16(22)20-17-19-14-7-8-21(10-15(14)26-17)27(23,24)13-5-6-13/h2-4,9,13H,5-8,10H2,1H3,(H2,18,19,20,22). The highest BCUT2D eigenvalue weighted by atomic mass is 32.2. The van der Waals surface area contributed by atoms with Crippen molar-refractivity contribution in [1.29, 1.82) is 0 Å². The number of ether oxygens (including phenoxy) is 1. The van der Waals surface area contributed by atoms with Crippen molar-refractivity contribution >= 4 is 38.2 Å². The molecule has 2 amide bonds. The molecule has 1 fully saturated rings. The van der Waals surface area contributed by atoms with Gasteiger partial charge in [-0.1, -0.05) is 17.4 Å². The average Bonchev–Trinajstić information content (AvgIpc) is 3.43. The van der Waals surface area contributed by atoms with E-state index in [1.807, 2.05) is 0 Å². The Morgan fingerprint density at radius 3 is 2.89 bits per heavy atom. The minimum absolute atomic E-state index is 0.210. The Morgan fingerprint density at radius 2 is 2.15 bits per heavy atom. The second kappa shape index (κ2) is 7.10. The zero-order chi connectivity index (χ0) is 19.0. The second-order valence-corrected chi connectivity index (χ2v) is 9.82. The van der Waals surface area contributed by atoms with Crippen LogP contribution in [0.3, 0.4) is 0 Å². The zero-order valence-electron chi connectivity index (χ0n) is 14.8. The highest BCUT2D eigenvalue weighted by molar-refractivity contribution is 7.90. The summed E-state index contributed by atoms with van der Waals surface area (Å²) in [4.78, 5) is 17.5. The van der Waals surface area contributed by atoms with Crippen molar-refractivity contribution in [2.45, 2.75) is 31.1 Å². The largest absolute Gasteiger partial charge is 0.497 e. The molecule has 0 radical (unpaired) electrons. The van der Waals surface area contributed by atoms with Crippen LogP contribution in [0.15, 0.2) is 24.3 Å². The third-order valence-corrected chi connectivity index (χ3v) is 7.89. The van der Waals surface area contributed by atoms with Crippen molar-refractivity contribution < 1.29 is 17.9 Å². The SMILES string of the molecule is COc1cccc(NC(=O)Nc2nc3c(s2)CN(S(=O)(=O)C2CC2)CC3)c1. The van der Waals surface area contributed by atoms with Gasteiger partial charge in [-0.2, -0.15) is 4.31 Å². The van der Waals surface area contributed by atoms with Crippen LogP contribution >= 0.6 is 11.3 Å². The van der Waals surface area contributed by atoms with Gasteiger partial charge in [0.05, 0.1) is 18.1 Å². The maximum atomic E-state index is 12.4. The van der Waals surface area contributed by atoms with E-state index in [-0.39, 0.29) is 5.25 Å². The Kier molecular flexibility index (Phi) is 4.79. The van der Waals surface area contributed by atoms with Crippen LogP contribution in [0.25, 0.3) is 0 Å². The fourth-order valence-corrected chi connectivity index (χ4v) is 5.89. The number of hydrogen-bond acceptors (Lipinski definition) is 6. The van der Waals surface area contributed by atoms with E-state index in [1.165, 1.54) is 11.3 Å². The molecule has 0 bridgehead atoms. The summed E-state index contributed by atoms with van der Waals surface area (Å²) >= 11 is 1.32. The van der Waals surface area contributed by atoms with Gasteiger partial charge >= 0.3 is 6.03 Å². The van der Waals surface area contributed by atoms with Crippen molar-refractivity contribution in [3.8, 4) is 5.75 Å². The van der Waals surface area contributed by atoms with E-state index in [4.69, 9.17) is 4.74 Å². The van der Waals surface area contributed by atoms with E-state index in [0.29, 0.717) is 36.1 Å². The number of hydrogen-bond donors (Lipinski definition) is 2. The third kappa shape index (κ3) is 3.92. The van der Waals surface area contributed by atoms with Crippen LogP contribution in [0, 0.1) is 0 Å². The maximum Gasteiger partial charge on any atom is 0.325 e. The van der Waals surface area contributed by atoms with E-state index in [9.17, 15) is 13.2 Å². The lowest BCUT2D eigenvalue weighted by Crippen LogP contribution is -2.37. The number of anilines is 2. The first kappa shape index (κ1) is 18.2. The molecular formula is C17H20N4O4S2. The molecule has 144 valence electrons. The number of amides is 2. The number of nitrogens with one attached hydrogen (secondary N) is 2. The summed E-state index contributed by atoms with van der Waals surface area (Å²) in [6.07, 6.45) is 2.08. The fraction of sp³-hybridized carbons (Fsp3) is 0.412. The third-order valence-electron chi connectivity index (χ3n) is 4.55. The molecule has 8 nitrogen and oxygen atoms in total. The minimum Gasteiger partial charge on any atom is -0.497 e. The highest BCUT2D eigenvalue weighted by Gasteiger charge is 2.41. The summed E-state index contributed by atoms with van der Waals surface area (Å²) in [6, 6.07) is 6.64. The molecule has 1 aromatic heterocycles. The summed E-state index contributed by atoms with van der Waals surface area (Å²) in [7, 11) is -1.63. The summed E-state index contributed by atoms with van der Waals surface area (Å²) in [6.45, 7) is 0.788. The van der Waals surface area contributed by atoms with Gasteiger partial charge in [0.15, 0.2) is 5.13 Å². The molecule has 2 N–H and O–H groups in total. The van der Waals surface area contributed by atoms with Crippen molar-refractivity contribution in [3.63, 3.8) is 0 Å². The predicted molar refractivity (Wildman–Crippen MR) is 104 cm³/mol. The van der Waals surface area contributed by atoms with Gasteiger partial charge < -0.3 is 10.1 Å². The smallest absolute Gasteiger partial charge is 0.325 e. The van der Waals surface area contributed by atoms with Crippen LogP contribution in [0.4, 0.5) is 15.6 Å². The Labute approximate surface area is 161 Å². The molecule has 0 unspecified atom stereocenters. The summed E-state index contributed by atoms with van der Waals surface area (Å²) < 4.78 is 31.5. The van der Waals surface area contributed by atoms with Crippen molar-refractivity contribution in [1.82, 2.24) is 9.29 Å². The zero-order valence-corrected chi connectivity index (χ0v) is 16.4. The number of carbonyl (C=O) groups excluding carboxylic acids is 1. The molecule has 1 aromatic carbocycles. The number of aromatic nitrogens is 1. The monoisotopic (exact) mass is 408 g/mol. The first-order chi connectivity index (χ1) is 13.0. The normalized spacial score (nSPS) is 17.2. The molecule has 1 saturated carbocycles. The summed E-state index contributed by atoms with van der Waals surface area (Å²) in [5.41, 5.74) is 1.47. The highest BCUT2D eigenvalue weighted by Crippen LogP contribution is 2.35. The first-order valence-electron chi connectivity index (χ1n) is 8.65. The van der Waals surface area contributed by atoms with E-state index in [2.05, 4.69) is 15.6 Å². The van der Waals surface area contributed by atoms with E-state index in [1.54, 1.807) is 35.7 Å². The van der Waals surface area contributed by atoms with Crippen LogP contribution in [-0.4, -0.2) is 42.6 Å². The number of urea groups is 1. The van der Waals surface area contributed by atoms with E-state index < -0.39 is 16.1 Å². The van der Waals surface area contributed by atoms with Gasteiger partial charge in [-0.15, -0.1) is 0 Å². The lowest BCUT2D eigenvalue weighted by molar-refractivity contribution is 0.262. The molecule has 10 heteroatoms. The molecule has 0 spiro atoms. The van der Waals surface area contributed by atoms with Crippen LogP contribution in [0.1, 0.15) is 23.4 Å². The number of rotatable bonds is 5. The van der Waals surface area contributed by atoms with Gasteiger partial charge in [0.25, 0.3) is 0 Å². The van der Waals surface area contributed by atoms with Gasteiger partial charge in [0.2, 0.25) is 10.0 Å². The lowest BCUT2D eigenvalue weighted by Gasteiger charge is -2.25. The fourth-order valence-electron chi connectivity index (χ4n) is 2.98. The number of nitrogens with zero attached hydrogens (tertiary/aromatic N) is 2.